The summed E-state index contributed by atoms with van der Waals surface area (Å²) in [7, 11) is 0. The van der Waals surface area contributed by atoms with Crippen LogP contribution in [0.25, 0.3) is 0 Å². The molecular formula is C17H18O. The van der Waals surface area contributed by atoms with E-state index in [4.69, 9.17) is 0 Å². The van der Waals surface area contributed by atoms with Crippen molar-refractivity contribution in [1.82, 2.24) is 0 Å². The molecule has 92 valence electrons. The minimum atomic E-state index is 0.538. The van der Waals surface area contributed by atoms with Gasteiger partial charge in [-0.05, 0) is 47.9 Å². The molecule has 0 atom stereocenters. The fraction of sp³-hybridized carbons (Fsp3) is 0.294. The molecule has 0 spiro atoms. The highest BCUT2D eigenvalue weighted by Gasteiger charge is 2.15. The van der Waals surface area contributed by atoms with Gasteiger partial charge in [0.1, 0.15) is 5.75 Å². The zero-order valence-corrected chi connectivity index (χ0v) is 10.5. The van der Waals surface area contributed by atoms with Crippen LogP contribution in [0.5, 0.6) is 5.75 Å². The van der Waals surface area contributed by atoms with Crippen LogP contribution in [-0.2, 0) is 19.3 Å². The second kappa shape index (κ2) is 4.85. The Hall–Kier alpha value is -1.76. The molecule has 0 aromatic heterocycles. The second-order valence-electron chi connectivity index (χ2n) is 5.08. The number of fused-ring (bicyclic) bond motifs is 1. The predicted octanol–water partition coefficient (Wildman–Crippen LogP) is 3.86. The number of rotatable bonds is 2. The normalized spacial score (nSPS) is 14.2. The molecule has 1 heteroatoms. The van der Waals surface area contributed by atoms with Crippen LogP contribution in [0, 0.1) is 0 Å². The number of benzene rings is 2. The van der Waals surface area contributed by atoms with Crippen molar-refractivity contribution in [3.8, 4) is 5.75 Å². The van der Waals surface area contributed by atoms with Gasteiger partial charge in [0.2, 0.25) is 0 Å². The van der Waals surface area contributed by atoms with Crippen molar-refractivity contribution in [1.29, 1.82) is 0 Å². The van der Waals surface area contributed by atoms with E-state index in [1.54, 1.807) is 0 Å². The largest absolute Gasteiger partial charge is 0.507 e. The number of aryl methyl sites for hydroxylation is 1. The van der Waals surface area contributed by atoms with Gasteiger partial charge in [-0.1, -0.05) is 42.5 Å². The molecule has 18 heavy (non-hydrogen) atoms. The van der Waals surface area contributed by atoms with Crippen LogP contribution in [0.4, 0.5) is 0 Å². The van der Waals surface area contributed by atoms with Crippen LogP contribution in [0.1, 0.15) is 35.1 Å². The minimum Gasteiger partial charge on any atom is -0.507 e. The molecule has 0 amide bonds. The zero-order valence-electron chi connectivity index (χ0n) is 10.5. The summed E-state index contributed by atoms with van der Waals surface area (Å²) < 4.78 is 0. The molecule has 0 saturated heterocycles. The van der Waals surface area contributed by atoms with Crippen LogP contribution in [0.15, 0.2) is 42.5 Å². The Morgan fingerprint density at radius 1 is 0.889 bits per heavy atom. The summed E-state index contributed by atoms with van der Waals surface area (Å²) in [6, 6.07) is 14.6. The van der Waals surface area contributed by atoms with Crippen molar-refractivity contribution in [2.75, 3.05) is 0 Å². The topological polar surface area (TPSA) is 20.2 Å². The monoisotopic (exact) mass is 238 g/mol. The standard InChI is InChI=1S/C17H18O/c18-17-15(12-13-6-2-1-3-7-13)11-10-14-8-4-5-9-16(14)17/h1-3,6-7,10-11,18H,4-5,8-9,12H2. The Morgan fingerprint density at radius 2 is 1.67 bits per heavy atom. The summed E-state index contributed by atoms with van der Waals surface area (Å²) in [5.74, 6) is 0.538. The quantitative estimate of drug-likeness (QED) is 0.842. The number of phenols is 1. The molecule has 1 aliphatic rings. The van der Waals surface area contributed by atoms with Crippen LogP contribution < -0.4 is 0 Å². The second-order valence-corrected chi connectivity index (χ2v) is 5.08. The summed E-state index contributed by atoms with van der Waals surface area (Å²) in [5, 5.41) is 10.4. The first-order chi connectivity index (χ1) is 8.84. The molecule has 2 aromatic carbocycles. The lowest BCUT2D eigenvalue weighted by Gasteiger charge is -2.19. The van der Waals surface area contributed by atoms with Crippen molar-refractivity contribution in [3.63, 3.8) is 0 Å². The van der Waals surface area contributed by atoms with Gasteiger partial charge in [-0.25, -0.2) is 0 Å². The van der Waals surface area contributed by atoms with Crippen molar-refractivity contribution < 1.29 is 5.11 Å². The summed E-state index contributed by atoms with van der Waals surface area (Å²) in [6.07, 6.45) is 5.43. The smallest absolute Gasteiger partial charge is 0.122 e. The number of hydrogen-bond donors (Lipinski definition) is 1. The van der Waals surface area contributed by atoms with E-state index in [0.717, 1.165) is 24.8 Å². The first-order valence-electron chi connectivity index (χ1n) is 6.71. The average Bonchev–Trinajstić information content (AvgIpc) is 2.43. The summed E-state index contributed by atoms with van der Waals surface area (Å²) in [4.78, 5) is 0. The molecule has 1 nitrogen and oxygen atoms in total. The average molecular weight is 238 g/mol. The van der Waals surface area contributed by atoms with Gasteiger partial charge in [-0.15, -0.1) is 0 Å². The van der Waals surface area contributed by atoms with Gasteiger partial charge in [0.25, 0.3) is 0 Å². The molecule has 0 saturated carbocycles. The number of phenolic OH excluding ortho intramolecular Hbond substituents is 1. The maximum absolute atomic E-state index is 10.4. The maximum Gasteiger partial charge on any atom is 0.122 e. The van der Waals surface area contributed by atoms with E-state index in [-0.39, 0.29) is 0 Å². The molecule has 3 rings (SSSR count). The first-order valence-corrected chi connectivity index (χ1v) is 6.71. The van der Waals surface area contributed by atoms with Crippen LogP contribution in [-0.4, -0.2) is 5.11 Å². The fourth-order valence-corrected chi connectivity index (χ4v) is 2.82. The first kappa shape index (κ1) is 11.3. The highest BCUT2D eigenvalue weighted by atomic mass is 16.3. The Balaban J connectivity index is 1.93. The summed E-state index contributed by atoms with van der Waals surface area (Å²) in [6.45, 7) is 0. The molecule has 0 heterocycles. The van der Waals surface area contributed by atoms with Gasteiger partial charge in [0.05, 0.1) is 0 Å². The molecule has 0 fully saturated rings. The Bertz CT molecular complexity index is 543. The van der Waals surface area contributed by atoms with Crippen LogP contribution >= 0.6 is 0 Å². The van der Waals surface area contributed by atoms with Gasteiger partial charge in [0.15, 0.2) is 0 Å². The lowest BCUT2D eigenvalue weighted by Crippen LogP contribution is -2.04. The van der Waals surface area contributed by atoms with E-state index >= 15 is 0 Å². The Labute approximate surface area is 108 Å². The maximum atomic E-state index is 10.4. The predicted molar refractivity (Wildman–Crippen MR) is 74.0 cm³/mol. The number of hydrogen-bond acceptors (Lipinski definition) is 1. The van der Waals surface area contributed by atoms with Crippen molar-refractivity contribution in [3.05, 3.63) is 64.7 Å². The summed E-state index contributed by atoms with van der Waals surface area (Å²) in [5.41, 5.74) is 4.84. The van der Waals surface area contributed by atoms with Crippen LogP contribution in [0.2, 0.25) is 0 Å². The summed E-state index contributed by atoms with van der Waals surface area (Å²) >= 11 is 0. The van der Waals surface area contributed by atoms with E-state index in [2.05, 4.69) is 24.3 Å². The third-order valence-electron chi connectivity index (χ3n) is 3.82. The molecule has 1 aliphatic carbocycles. The molecule has 2 aromatic rings. The third-order valence-corrected chi connectivity index (χ3v) is 3.82. The van der Waals surface area contributed by atoms with Crippen molar-refractivity contribution in [2.45, 2.75) is 32.1 Å². The number of aromatic hydroxyl groups is 1. The molecular weight excluding hydrogens is 220 g/mol. The highest BCUT2D eigenvalue weighted by Crippen LogP contribution is 2.32. The fourth-order valence-electron chi connectivity index (χ4n) is 2.82. The highest BCUT2D eigenvalue weighted by molar-refractivity contribution is 5.48. The third kappa shape index (κ3) is 2.13. The van der Waals surface area contributed by atoms with Crippen molar-refractivity contribution in [2.24, 2.45) is 0 Å². The van der Waals surface area contributed by atoms with Gasteiger partial charge < -0.3 is 5.11 Å². The zero-order chi connectivity index (χ0) is 12.4. The molecule has 0 bridgehead atoms. The van der Waals surface area contributed by atoms with Crippen LogP contribution in [0.3, 0.4) is 0 Å². The molecule has 0 aliphatic heterocycles. The van der Waals surface area contributed by atoms with E-state index in [1.165, 1.54) is 29.5 Å². The van der Waals surface area contributed by atoms with Gasteiger partial charge in [-0.3, -0.25) is 0 Å². The van der Waals surface area contributed by atoms with Gasteiger partial charge in [0, 0.05) is 6.42 Å². The van der Waals surface area contributed by atoms with Gasteiger partial charge in [-0.2, -0.15) is 0 Å². The molecule has 1 N–H and O–H groups in total. The molecule has 0 unspecified atom stereocenters. The van der Waals surface area contributed by atoms with E-state index < -0.39 is 0 Å². The van der Waals surface area contributed by atoms with Gasteiger partial charge >= 0.3 is 0 Å². The minimum absolute atomic E-state index is 0.538. The Morgan fingerprint density at radius 3 is 2.50 bits per heavy atom. The van der Waals surface area contributed by atoms with E-state index in [9.17, 15) is 5.11 Å². The van der Waals surface area contributed by atoms with E-state index in [0.29, 0.717) is 5.75 Å². The SMILES string of the molecule is Oc1c(Cc2ccccc2)ccc2c1CCCC2. The van der Waals surface area contributed by atoms with E-state index in [1.807, 2.05) is 18.2 Å². The Kier molecular flexibility index (Phi) is 3.06. The van der Waals surface area contributed by atoms with Crippen molar-refractivity contribution >= 4 is 0 Å². The lowest BCUT2D eigenvalue weighted by atomic mass is 9.88. The lowest BCUT2D eigenvalue weighted by molar-refractivity contribution is 0.456. The molecule has 0 radical (unpaired) electrons.